The Kier molecular flexibility index (Phi) is 6.80. The normalized spacial score (nSPS) is 24.8. The van der Waals surface area contributed by atoms with Gasteiger partial charge in [-0.25, -0.2) is 6.57 Å². The van der Waals surface area contributed by atoms with Gasteiger partial charge in [-0.3, -0.25) is 15.9 Å². The second kappa shape index (κ2) is 8.97. The number of nitrogens with one attached hydrogen (secondary N) is 1. The molecular weight excluding hydrogens is 448 g/mol. The number of piperidine rings is 1. The van der Waals surface area contributed by atoms with Gasteiger partial charge in [-0.15, -0.1) is 0 Å². The van der Waals surface area contributed by atoms with E-state index in [-0.39, 0.29) is 24.8 Å². The molecule has 0 bridgehead atoms. The maximum Gasteiger partial charge on any atom is 0.416 e. The molecule has 1 aliphatic heterocycles. The SMILES string of the molecule is [C-]#[N+][C@@]1(N)CC[C@@](CO[C@H](C)c2cc(C(F)(F)F)cc(C(F)(F)F)c2)(c2ccccc2)NC1. The van der Waals surface area contributed by atoms with Crippen molar-refractivity contribution in [1.29, 1.82) is 0 Å². The van der Waals surface area contributed by atoms with Crippen LogP contribution in [0.3, 0.4) is 0 Å². The zero-order valence-corrected chi connectivity index (χ0v) is 17.7. The molecule has 3 atom stereocenters. The molecule has 3 N–H and O–H groups in total. The van der Waals surface area contributed by atoms with Gasteiger partial charge in [-0.2, -0.15) is 26.3 Å². The van der Waals surface area contributed by atoms with Crippen LogP contribution in [0, 0.1) is 6.57 Å². The second-order valence-electron chi connectivity index (χ2n) is 8.31. The van der Waals surface area contributed by atoms with Crippen LogP contribution in [0.1, 0.15) is 48.1 Å². The number of rotatable bonds is 5. The van der Waals surface area contributed by atoms with Crippen molar-refractivity contribution in [1.82, 2.24) is 5.32 Å². The fourth-order valence-electron chi connectivity index (χ4n) is 3.81. The van der Waals surface area contributed by atoms with Crippen LogP contribution in [0.2, 0.25) is 0 Å². The number of alkyl halides is 6. The van der Waals surface area contributed by atoms with Gasteiger partial charge >= 0.3 is 12.4 Å². The Bertz CT molecular complexity index is 973. The molecule has 0 unspecified atom stereocenters. The van der Waals surface area contributed by atoms with E-state index in [2.05, 4.69) is 10.2 Å². The monoisotopic (exact) mass is 471 g/mol. The number of hydrogen-bond acceptors (Lipinski definition) is 3. The van der Waals surface area contributed by atoms with Crippen molar-refractivity contribution in [3.63, 3.8) is 0 Å². The number of benzene rings is 2. The third-order valence-electron chi connectivity index (χ3n) is 5.93. The highest BCUT2D eigenvalue weighted by molar-refractivity contribution is 5.35. The summed E-state index contributed by atoms with van der Waals surface area (Å²) in [6.45, 7) is 8.82. The van der Waals surface area contributed by atoms with Gasteiger partial charge in [0, 0.05) is 6.42 Å². The van der Waals surface area contributed by atoms with Crippen molar-refractivity contribution in [3.05, 3.63) is 82.2 Å². The Morgan fingerprint density at radius 1 is 1.03 bits per heavy atom. The molecule has 0 spiro atoms. The van der Waals surface area contributed by atoms with Gasteiger partial charge in [0.15, 0.2) is 0 Å². The molecule has 178 valence electrons. The van der Waals surface area contributed by atoms with E-state index in [1.54, 1.807) is 0 Å². The summed E-state index contributed by atoms with van der Waals surface area (Å²) in [5, 5.41) is 3.24. The molecular formula is C23H23F6N3O. The lowest BCUT2D eigenvalue weighted by atomic mass is 9.80. The van der Waals surface area contributed by atoms with Gasteiger partial charge in [-0.05, 0) is 42.7 Å². The van der Waals surface area contributed by atoms with Crippen LogP contribution in [0.15, 0.2) is 48.5 Å². The minimum Gasteiger partial charge on any atom is -0.372 e. The molecule has 0 aliphatic carbocycles. The topological polar surface area (TPSA) is 51.6 Å². The highest BCUT2D eigenvalue weighted by atomic mass is 19.4. The minimum atomic E-state index is -4.93. The van der Waals surface area contributed by atoms with Crippen LogP contribution in [-0.2, 0) is 22.6 Å². The Balaban J connectivity index is 1.88. The van der Waals surface area contributed by atoms with E-state index in [1.807, 2.05) is 30.3 Å². The predicted molar refractivity (Wildman–Crippen MR) is 110 cm³/mol. The molecule has 1 aliphatic rings. The van der Waals surface area contributed by atoms with Crippen molar-refractivity contribution >= 4 is 0 Å². The lowest BCUT2D eigenvalue weighted by Gasteiger charge is -2.42. The summed E-state index contributed by atoms with van der Waals surface area (Å²) in [5.41, 5.74) is 1.98. The maximum absolute atomic E-state index is 13.2. The highest BCUT2D eigenvalue weighted by Crippen LogP contribution is 2.39. The standard InChI is InChI=1S/C23H23F6N3O/c1-15(16-10-18(22(24,25)26)12-19(11-16)23(27,28)29)33-14-20(17-6-4-3-5-7-17)8-9-21(30,31-2)13-32-20/h3-7,10-12,15,32H,8-9,13-14,30H2,1H3/t15-,20-,21+/m1/s1. The molecule has 1 saturated heterocycles. The summed E-state index contributed by atoms with van der Waals surface area (Å²) in [5.74, 6) is 0. The first-order chi connectivity index (χ1) is 15.3. The molecule has 2 aromatic carbocycles. The van der Waals surface area contributed by atoms with Gasteiger partial charge in [-0.1, -0.05) is 30.3 Å². The Hall–Kier alpha value is -2.61. The number of nitrogens with zero attached hydrogens (tertiary/aromatic N) is 1. The number of nitrogens with two attached hydrogens (primary N) is 1. The zero-order chi connectivity index (χ0) is 24.5. The molecule has 1 heterocycles. The smallest absolute Gasteiger partial charge is 0.372 e. The first-order valence-electron chi connectivity index (χ1n) is 10.2. The number of ether oxygens (including phenoxy) is 1. The third kappa shape index (κ3) is 5.66. The van der Waals surface area contributed by atoms with Crippen LogP contribution in [0.5, 0.6) is 0 Å². The van der Waals surface area contributed by atoms with Gasteiger partial charge in [0.1, 0.15) is 0 Å². The van der Waals surface area contributed by atoms with Crippen molar-refractivity contribution in [2.45, 2.75) is 49.4 Å². The van der Waals surface area contributed by atoms with Crippen LogP contribution < -0.4 is 11.1 Å². The van der Waals surface area contributed by atoms with Crippen molar-refractivity contribution in [3.8, 4) is 0 Å². The van der Waals surface area contributed by atoms with E-state index in [4.69, 9.17) is 17.0 Å². The summed E-state index contributed by atoms with van der Waals surface area (Å²) in [7, 11) is 0. The van der Waals surface area contributed by atoms with Gasteiger partial charge < -0.3 is 4.74 Å². The summed E-state index contributed by atoms with van der Waals surface area (Å²) in [6.07, 6.45) is -10.2. The Morgan fingerprint density at radius 3 is 2.06 bits per heavy atom. The third-order valence-corrected chi connectivity index (χ3v) is 5.93. The van der Waals surface area contributed by atoms with Crippen LogP contribution in [0.4, 0.5) is 26.3 Å². The molecule has 4 nitrogen and oxygen atoms in total. The van der Waals surface area contributed by atoms with E-state index in [1.165, 1.54) is 6.92 Å². The quantitative estimate of drug-likeness (QED) is 0.438. The molecule has 0 aromatic heterocycles. The van der Waals surface area contributed by atoms with Gasteiger partial charge in [0.2, 0.25) is 0 Å². The van der Waals surface area contributed by atoms with Crippen LogP contribution in [-0.4, -0.2) is 18.8 Å². The van der Waals surface area contributed by atoms with E-state index < -0.39 is 40.8 Å². The number of hydrogen-bond donors (Lipinski definition) is 2. The molecule has 3 rings (SSSR count). The Morgan fingerprint density at radius 2 is 1.61 bits per heavy atom. The second-order valence-corrected chi connectivity index (χ2v) is 8.31. The molecule has 0 radical (unpaired) electrons. The molecule has 2 aromatic rings. The molecule has 1 fully saturated rings. The molecule has 33 heavy (non-hydrogen) atoms. The number of halogens is 6. The minimum absolute atomic E-state index is 0.0378. The van der Waals surface area contributed by atoms with E-state index in [9.17, 15) is 26.3 Å². The van der Waals surface area contributed by atoms with Crippen LogP contribution >= 0.6 is 0 Å². The average molecular weight is 471 g/mol. The first kappa shape index (κ1) is 25.0. The predicted octanol–water partition coefficient (Wildman–Crippen LogP) is 5.65. The molecule has 0 amide bonds. The average Bonchev–Trinajstić information content (AvgIpc) is 2.78. The van der Waals surface area contributed by atoms with Crippen LogP contribution in [0.25, 0.3) is 4.85 Å². The molecule has 0 saturated carbocycles. The summed E-state index contributed by atoms with van der Waals surface area (Å²) < 4.78 is 85.1. The maximum atomic E-state index is 13.2. The van der Waals surface area contributed by atoms with E-state index in [0.29, 0.717) is 25.0 Å². The lowest BCUT2D eigenvalue weighted by Crippen LogP contribution is -2.60. The van der Waals surface area contributed by atoms with Crippen molar-refractivity contribution < 1.29 is 31.1 Å². The zero-order valence-electron chi connectivity index (χ0n) is 17.7. The fraction of sp³-hybridized carbons (Fsp3) is 0.435. The van der Waals surface area contributed by atoms with Gasteiger partial charge in [0.05, 0.1) is 35.9 Å². The fourth-order valence-corrected chi connectivity index (χ4v) is 3.81. The Labute approximate surface area is 187 Å². The van der Waals surface area contributed by atoms with E-state index >= 15 is 0 Å². The summed E-state index contributed by atoms with van der Waals surface area (Å²) >= 11 is 0. The largest absolute Gasteiger partial charge is 0.416 e. The first-order valence-corrected chi connectivity index (χ1v) is 10.2. The molecule has 10 heteroatoms. The van der Waals surface area contributed by atoms with E-state index in [0.717, 1.165) is 5.56 Å². The lowest BCUT2D eigenvalue weighted by molar-refractivity contribution is -0.143. The van der Waals surface area contributed by atoms with Gasteiger partial charge in [0.25, 0.3) is 5.66 Å². The highest BCUT2D eigenvalue weighted by Gasteiger charge is 2.46. The van der Waals surface area contributed by atoms with Crippen molar-refractivity contribution in [2.24, 2.45) is 5.73 Å². The summed E-state index contributed by atoms with van der Waals surface area (Å²) in [4.78, 5) is 3.46. The van der Waals surface area contributed by atoms with Crippen molar-refractivity contribution in [2.75, 3.05) is 13.2 Å². The summed E-state index contributed by atoms with van der Waals surface area (Å²) in [6, 6.07) is 10.6.